The zero-order valence-corrected chi connectivity index (χ0v) is 13.2. The molecule has 116 valence electrons. The number of carbonyl (C=O) groups is 1. The van der Waals surface area contributed by atoms with Gasteiger partial charge in [0.2, 0.25) is 0 Å². The van der Waals surface area contributed by atoms with Crippen LogP contribution in [0.15, 0.2) is 42.5 Å². The number of nitrogens with one attached hydrogen (secondary N) is 1. The first-order valence-electron chi connectivity index (χ1n) is 7.41. The average Bonchev–Trinajstić information content (AvgIpc) is 2.50. The number of anilines is 1. The highest BCUT2D eigenvalue weighted by Gasteiger charge is 2.09. The van der Waals surface area contributed by atoms with Gasteiger partial charge in [-0.05, 0) is 56.7 Å². The Morgan fingerprint density at radius 3 is 2.50 bits per heavy atom. The largest absolute Gasteiger partial charge is 0.494 e. The number of hydrogen-bond donors (Lipinski definition) is 1. The molecule has 0 aliphatic heterocycles. The number of amides is 1. The number of carbonyl (C=O) groups excluding carboxylic acids is 1. The van der Waals surface area contributed by atoms with Crippen LogP contribution >= 0.6 is 0 Å². The SMILES string of the molecule is CCOc1cccc(NC(=O)c2ccc(OCC)c(C)c2)c1. The Balaban J connectivity index is 2.12. The molecule has 4 nitrogen and oxygen atoms in total. The molecule has 2 aromatic carbocycles. The lowest BCUT2D eigenvalue weighted by molar-refractivity contribution is 0.102. The van der Waals surface area contributed by atoms with Crippen LogP contribution in [0.1, 0.15) is 29.8 Å². The molecule has 0 fully saturated rings. The molecule has 0 saturated heterocycles. The summed E-state index contributed by atoms with van der Waals surface area (Å²) in [6.07, 6.45) is 0. The highest BCUT2D eigenvalue weighted by molar-refractivity contribution is 6.04. The molecule has 0 spiro atoms. The molecule has 2 aromatic rings. The van der Waals surface area contributed by atoms with Crippen molar-refractivity contribution < 1.29 is 14.3 Å². The monoisotopic (exact) mass is 299 g/mol. The van der Waals surface area contributed by atoms with Gasteiger partial charge in [0, 0.05) is 17.3 Å². The van der Waals surface area contributed by atoms with Crippen molar-refractivity contribution in [2.75, 3.05) is 18.5 Å². The lowest BCUT2D eigenvalue weighted by Crippen LogP contribution is -2.12. The number of rotatable bonds is 6. The summed E-state index contributed by atoms with van der Waals surface area (Å²) < 4.78 is 10.9. The van der Waals surface area contributed by atoms with Crippen molar-refractivity contribution in [1.29, 1.82) is 0 Å². The first kappa shape index (κ1) is 15.9. The summed E-state index contributed by atoms with van der Waals surface area (Å²) in [6, 6.07) is 12.8. The van der Waals surface area contributed by atoms with Crippen molar-refractivity contribution in [3.8, 4) is 11.5 Å². The van der Waals surface area contributed by atoms with E-state index < -0.39 is 0 Å². The van der Waals surface area contributed by atoms with E-state index in [-0.39, 0.29) is 5.91 Å². The van der Waals surface area contributed by atoms with E-state index >= 15 is 0 Å². The number of benzene rings is 2. The lowest BCUT2D eigenvalue weighted by Gasteiger charge is -2.10. The Kier molecular flexibility index (Phi) is 5.42. The minimum atomic E-state index is -0.153. The van der Waals surface area contributed by atoms with Gasteiger partial charge in [0.1, 0.15) is 11.5 Å². The van der Waals surface area contributed by atoms with Gasteiger partial charge in [-0.2, -0.15) is 0 Å². The highest BCUT2D eigenvalue weighted by Crippen LogP contribution is 2.21. The zero-order chi connectivity index (χ0) is 15.9. The maximum absolute atomic E-state index is 12.3. The normalized spacial score (nSPS) is 10.1. The van der Waals surface area contributed by atoms with Gasteiger partial charge in [0.25, 0.3) is 5.91 Å². The highest BCUT2D eigenvalue weighted by atomic mass is 16.5. The lowest BCUT2D eigenvalue weighted by atomic mass is 10.1. The Bertz CT molecular complexity index is 653. The summed E-state index contributed by atoms with van der Waals surface area (Å²) in [5.41, 5.74) is 2.25. The molecule has 1 amide bonds. The molecule has 0 unspecified atom stereocenters. The number of aryl methyl sites for hydroxylation is 1. The summed E-state index contributed by atoms with van der Waals surface area (Å²) in [4.78, 5) is 12.3. The smallest absolute Gasteiger partial charge is 0.255 e. The van der Waals surface area contributed by atoms with E-state index in [1.54, 1.807) is 6.07 Å². The van der Waals surface area contributed by atoms with E-state index in [4.69, 9.17) is 9.47 Å². The minimum absolute atomic E-state index is 0.153. The summed E-state index contributed by atoms with van der Waals surface area (Å²) in [7, 11) is 0. The molecular formula is C18H21NO3. The number of hydrogen-bond acceptors (Lipinski definition) is 3. The molecule has 0 radical (unpaired) electrons. The second-order valence-corrected chi connectivity index (χ2v) is 4.83. The third kappa shape index (κ3) is 4.01. The predicted octanol–water partition coefficient (Wildman–Crippen LogP) is 4.04. The van der Waals surface area contributed by atoms with Crippen molar-refractivity contribution in [3.05, 3.63) is 53.6 Å². The molecule has 2 rings (SSSR count). The molecule has 0 saturated carbocycles. The third-order valence-electron chi connectivity index (χ3n) is 3.14. The summed E-state index contributed by atoms with van der Waals surface area (Å²) in [5, 5.41) is 2.88. The van der Waals surface area contributed by atoms with Gasteiger partial charge in [0.05, 0.1) is 13.2 Å². The first-order valence-corrected chi connectivity index (χ1v) is 7.41. The quantitative estimate of drug-likeness (QED) is 0.875. The van der Waals surface area contributed by atoms with Crippen LogP contribution in [0.4, 0.5) is 5.69 Å². The maximum atomic E-state index is 12.3. The van der Waals surface area contributed by atoms with Gasteiger partial charge in [-0.3, -0.25) is 4.79 Å². The summed E-state index contributed by atoms with van der Waals surface area (Å²) in [6.45, 7) is 6.99. The van der Waals surface area contributed by atoms with E-state index in [0.29, 0.717) is 24.5 Å². The van der Waals surface area contributed by atoms with E-state index in [2.05, 4.69) is 5.32 Å². The van der Waals surface area contributed by atoms with Crippen molar-refractivity contribution in [2.45, 2.75) is 20.8 Å². The van der Waals surface area contributed by atoms with Crippen molar-refractivity contribution >= 4 is 11.6 Å². The minimum Gasteiger partial charge on any atom is -0.494 e. The molecular weight excluding hydrogens is 278 g/mol. The van der Waals surface area contributed by atoms with Crippen molar-refractivity contribution in [3.63, 3.8) is 0 Å². The van der Waals surface area contributed by atoms with Crippen molar-refractivity contribution in [1.82, 2.24) is 0 Å². The van der Waals surface area contributed by atoms with Gasteiger partial charge in [-0.15, -0.1) is 0 Å². The van der Waals surface area contributed by atoms with Gasteiger partial charge < -0.3 is 14.8 Å². The molecule has 1 N–H and O–H groups in total. The van der Waals surface area contributed by atoms with Crippen LogP contribution < -0.4 is 14.8 Å². The van der Waals surface area contributed by atoms with Gasteiger partial charge >= 0.3 is 0 Å². The van der Waals surface area contributed by atoms with Crippen LogP contribution in [0.5, 0.6) is 11.5 Å². The fraction of sp³-hybridized carbons (Fsp3) is 0.278. The summed E-state index contributed by atoms with van der Waals surface area (Å²) in [5.74, 6) is 1.39. The maximum Gasteiger partial charge on any atom is 0.255 e. The zero-order valence-electron chi connectivity index (χ0n) is 13.2. The van der Waals surface area contributed by atoms with E-state index in [1.807, 2.05) is 57.2 Å². The topological polar surface area (TPSA) is 47.6 Å². The van der Waals surface area contributed by atoms with Crippen LogP contribution in [-0.4, -0.2) is 19.1 Å². The Morgan fingerprint density at radius 1 is 1.05 bits per heavy atom. The molecule has 22 heavy (non-hydrogen) atoms. The summed E-state index contributed by atoms with van der Waals surface area (Å²) >= 11 is 0. The molecule has 0 aliphatic rings. The predicted molar refractivity (Wildman–Crippen MR) is 87.9 cm³/mol. The number of ether oxygens (including phenoxy) is 2. The van der Waals surface area contributed by atoms with Crippen LogP contribution in [0.25, 0.3) is 0 Å². The Labute approximate surface area is 131 Å². The molecule has 0 aromatic heterocycles. The first-order chi connectivity index (χ1) is 10.6. The van der Waals surface area contributed by atoms with Crippen LogP contribution in [-0.2, 0) is 0 Å². The van der Waals surface area contributed by atoms with Gasteiger partial charge in [-0.25, -0.2) is 0 Å². The van der Waals surface area contributed by atoms with Gasteiger partial charge in [0.15, 0.2) is 0 Å². The standard InChI is InChI=1S/C18H21NO3/c1-4-21-16-8-6-7-15(12-16)19-18(20)14-9-10-17(22-5-2)13(3)11-14/h6-12H,4-5H2,1-3H3,(H,19,20). The molecule has 0 atom stereocenters. The average molecular weight is 299 g/mol. The Morgan fingerprint density at radius 2 is 1.82 bits per heavy atom. The van der Waals surface area contributed by atoms with Crippen molar-refractivity contribution in [2.24, 2.45) is 0 Å². The second kappa shape index (κ2) is 7.50. The van der Waals surface area contributed by atoms with Crippen LogP contribution in [0.3, 0.4) is 0 Å². The molecule has 0 heterocycles. The second-order valence-electron chi connectivity index (χ2n) is 4.83. The third-order valence-corrected chi connectivity index (χ3v) is 3.14. The van der Waals surface area contributed by atoms with E-state index in [0.717, 1.165) is 17.1 Å². The van der Waals surface area contributed by atoms with E-state index in [9.17, 15) is 4.79 Å². The van der Waals surface area contributed by atoms with Crippen LogP contribution in [0.2, 0.25) is 0 Å². The fourth-order valence-electron chi connectivity index (χ4n) is 2.14. The molecule has 4 heteroatoms. The molecule has 0 bridgehead atoms. The Hall–Kier alpha value is -2.49. The fourth-order valence-corrected chi connectivity index (χ4v) is 2.14. The molecule has 0 aliphatic carbocycles. The van der Waals surface area contributed by atoms with Gasteiger partial charge in [-0.1, -0.05) is 6.07 Å². The van der Waals surface area contributed by atoms with Crippen LogP contribution in [0, 0.1) is 6.92 Å². The van der Waals surface area contributed by atoms with E-state index in [1.165, 1.54) is 0 Å².